The van der Waals surface area contributed by atoms with E-state index in [-0.39, 0.29) is 12.3 Å². The molecule has 1 fully saturated rings. The predicted octanol–water partition coefficient (Wildman–Crippen LogP) is 3.13. The first-order chi connectivity index (χ1) is 12.0. The van der Waals surface area contributed by atoms with Crippen molar-refractivity contribution < 1.29 is 27.8 Å². The van der Waals surface area contributed by atoms with Gasteiger partial charge in [0.2, 0.25) is 0 Å². The smallest absolute Gasteiger partial charge is 0.429 e. The molecule has 2 amide bonds. The van der Waals surface area contributed by atoms with Crippen LogP contribution >= 0.6 is 0 Å². The lowest BCUT2D eigenvalue weighted by Crippen LogP contribution is -2.42. The van der Waals surface area contributed by atoms with Gasteiger partial charge in [0, 0.05) is 5.56 Å². The van der Waals surface area contributed by atoms with Crippen LogP contribution in [-0.4, -0.2) is 30.2 Å². The number of hydrogen-bond donors (Lipinski definition) is 1. The fourth-order valence-corrected chi connectivity index (χ4v) is 2.37. The Morgan fingerprint density at radius 2 is 1.84 bits per heavy atom. The Balaban J connectivity index is 1.63. The Labute approximate surface area is 141 Å². The second-order valence-electron chi connectivity index (χ2n) is 5.24. The van der Waals surface area contributed by atoms with Gasteiger partial charge in [-0.25, -0.2) is 9.80 Å². The Morgan fingerprint density at radius 3 is 2.48 bits per heavy atom. The van der Waals surface area contributed by atoms with Crippen LogP contribution in [-0.2, 0) is 4.74 Å². The van der Waals surface area contributed by atoms with Gasteiger partial charge in [-0.2, -0.15) is 8.78 Å². The molecule has 3 rings (SSSR count). The number of nitrogens with one attached hydrogen (secondary N) is 1. The maximum atomic E-state index is 12.1. The number of carbonyl (C=O) groups excluding carboxylic acids is 2. The molecule has 0 spiro atoms. The molecule has 6 nitrogen and oxygen atoms in total. The minimum absolute atomic E-state index is 0.0114. The molecule has 1 N–H and O–H groups in total. The molecule has 1 heterocycles. The highest BCUT2D eigenvalue weighted by atomic mass is 19.3. The maximum Gasteiger partial charge on any atom is 0.429 e. The van der Waals surface area contributed by atoms with E-state index in [1.54, 1.807) is 30.3 Å². The third-order valence-electron chi connectivity index (χ3n) is 3.56. The van der Waals surface area contributed by atoms with Crippen molar-refractivity contribution in [3.05, 3.63) is 65.7 Å². The van der Waals surface area contributed by atoms with Crippen LogP contribution in [0.5, 0.6) is 5.75 Å². The van der Waals surface area contributed by atoms with Crippen LogP contribution in [0.2, 0.25) is 0 Å². The van der Waals surface area contributed by atoms with E-state index >= 15 is 0 Å². The van der Waals surface area contributed by atoms with Gasteiger partial charge < -0.3 is 9.47 Å². The number of ether oxygens (including phenoxy) is 2. The SMILES string of the molecule is O=C(NN1CC(c2ccc(OC(F)F)cc2)OC1=O)c1ccccc1. The van der Waals surface area contributed by atoms with E-state index in [1.165, 1.54) is 24.3 Å². The first kappa shape index (κ1) is 16.7. The molecule has 1 aliphatic rings. The van der Waals surface area contributed by atoms with E-state index in [9.17, 15) is 18.4 Å². The van der Waals surface area contributed by atoms with Gasteiger partial charge in [0.05, 0.1) is 6.54 Å². The van der Waals surface area contributed by atoms with Crippen molar-refractivity contribution in [1.29, 1.82) is 0 Å². The lowest BCUT2D eigenvalue weighted by atomic mass is 10.1. The van der Waals surface area contributed by atoms with Crippen molar-refractivity contribution in [2.45, 2.75) is 12.7 Å². The van der Waals surface area contributed by atoms with Gasteiger partial charge >= 0.3 is 12.7 Å². The zero-order chi connectivity index (χ0) is 17.8. The quantitative estimate of drug-likeness (QED) is 0.901. The van der Waals surface area contributed by atoms with Crippen molar-refractivity contribution >= 4 is 12.0 Å². The van der Waals surface area contributed by atoms with Gasteiger partial charge in [0.1, 0.15) is 11.9 Å². The second kappa shape index (κ2) is 7.16. The number of amides is 2. The number of halogens is 2. The van der Waals surface area contributed by atoms with E-state index in [0.29, 0.717) is 11.1 Å². The molecule has 0 radical (unpaired) electrons. The predicted molar refractivity (Wildman–Crippen MR) is 82.9 cm³/mol. The monoisotopic (exact) mass is 348 g/mol. The topological polar surface area (TPSA) is 67.9 Å². The molecule has 1 atom stereocenters. The number of rotatable bonds is 5. The standard InChI is InChI=1S/C17H14F2N2O4/c18-16(19)24-13-8-6-11(7-9-13)14-10-21(17(23)25-14)20-15(22)12-4-2-1-3-5-12/h1-9,14,16H,10H2,(H,20,22). The summed E-state index contributed by atoms with van der Waals surface area (Å²) in [6.07, 6.45) is -1.31. The van der Waals surface area contributed by atoms with Gasteiger partial charge in [-0.3, -0.25) is 10.2 Å². The van der Waals surface area contributed by atoms with Crippen LogP contribution in [0.25, 0.3) is 0 Å². The molecule has 130 valence electrons. The molecule has 2 aromatic carbocycles. The fourth-order valence-electron chi connectivity index (χ4n) is 2.37. The minimum Gasteiger partial charge on any atom is -0.438 e. The summed E-state index contributed by atoms with van der Waals surface area (Å²) in [6.45, 7) is -2.80. The lowest BCUT2D eigenvalue weighted by molar-refractivity contribution is -0.0498. The molecule has 1 saturated heterocycles. The summed E-state index contributed by atoms with van der Waals surface area (Å²) < 4.78 is 33.8. The minimum atomic E-state index is -2.90. The van der Waals surface area contributed by atoms with E-state index in [2.05, 4.69) is 10.2 Å². The number of carbonyl (C=O) groups is 2. The normalized spacial score (nSPS) is 16.7. The third-order valence-corrected chi connectivity index (χ3v) is 3.56. The van der Waals surface area contributed by atoms with Gasteiger partial charge in [0.25, 0.3) is 5.91 Å². The molecule has 2 aromatic rings. The van der Waals surface area contributed by atoms with Gasteiger partial charge in [-0.1, -0.05) is 30.3 Å². The molecule has 0 aromatic heterocycles. The van der Waals surface area contributed by atoms with Gasteiger partial charge in [-0.15, -0.1) is 0 Å². The van der Waals surface area contributed by atoms with E-state index in [4.69, 9.17) is 4.74 Å². The zero-order valence-corrected chi connectivity index (χ0v) is 12.9. The summed E-state index contributed by atoms with van der Waals surface area (Å²) in [5.74, 6) is -0.420. The number of cyclic esters (lactones) is 1. The van der Waals surface area contributed by atoms with Gasteiger partial charge in [0.15, 0.2) is 0 Å². The first-order valence-corrected chi connectivity index (χ1v) is 7.42. The summed E-state index contributed by atoms with van der Waals surface area (Å²) in [4.78, 5) is 24.0. The maximum absolute atomic E-state index is 12.1. The van der Waals surface area contributed by atoms with Crippen LogP contribution < -0.4 is 10.2 Å². The Kier molecular flexibility index (Phi) is 4.78. The number of nitrogens with zero attached hydrogens (tertiary/aromatic N) is 1. The lowest BCUT2D eigenvalue weighted by Gasteiger charge is -2.14. The van der Waals surface area contributed by atoms with Gasteiger partial charge in [-0.05, 0) is 29.8 Å². The number of hydrogen-bond acceptors (Lipinski definition) is 4. The Morgan fingerprint density at radius 1 is 1.16 bits per heavy atom. The summed E-state index contributed by atoms with van der Waals surface area (Å²) in [5, 5.41) is 1.07. The largest absolute Gasteiger partial charge is 0.438 e. The van der Waals surface area contributed by atoms with Crippen LogP contribution in [0.1, 0.15) is 22.0 Å². The average molecular weight is 348 g/mol. The summed E-state index contributed by atoms with van der Waals surface area (Å²) in [7, 11) is 0. The molecule has 0 aliphatic carbocycles. The number of benzene rings is 2. The molecule has 0 saturated carbocycles. The van der Waals surface area contributed by atoms with Crippen LogP contribution in [0.4, 0.5) is 13.6 Å². The van der Waals surface area contributed by atoms with Crippen molar-refractivity contribution in [2.75, 3.05) is 6.54 Å². The summed E-state index contributed by atoms with van der Waals surface area (Å²) in [5.41, 5.74) is 3.49. The molecule has 1 aliphatic heterocycles. The van der Waals surface area contributed by atoms with E-state index in [1.807, 2.05) is 0 Å². The van der Waals surface area contributed by atoms with Crippen molar-refractivity contribution in [2.24, 2.45) is 0 Å². The van der Waals surface area contributed by atoms with E-state index < -0.39 is 24.7 Å². The highest BCUT2D eigenvalue weighted by Crippen LogP contribution is 2.27. The van der Waals surface area contributed by atoms with Crippen LogP contribution in [0.15, 0.2) is 54.6 Å². The summed E-state index contributed by atoms with van der Waals surface area (Å²) in [6, 6.07) is 14.2. The summed E-state index contributed by atoms with van der Waals surface area (Å²) >= 11 is 0. The average Bonchev–Trinajstić information content (AvgIpc) is 2.96. The van der Waals surface area contributed by atoms with Crippen LogP contribution in [0, 0.1) is 0 Å². The highest BCUT2D eigenvalue weighted by Gasteiger charge is 2.33. The Bertz CT molecular complexity index is 753. The molecule has 0 bridgehead atoms. The van der Waals surface area contributed by atoms with Crippen LogP contribution in [0.3, 0.4) is 0 Å². The molecular weight excluding hydrogens is 334 g/mol. The number of hydrazine groups is 1. The molecule has 1 unspecified atom stereocenters. The second-order valence-corrected chi connectivity index (χ2v) is 5.24. The Hall–Kier alpha value is -3.16. The molecule has 8 heteroatoms. The van der Waals surface area contributed by atoms with E-state index in [0.717, 1.165) is 5.01 Å². The first-order valence-electron chi connectivity index (χ1n) is 7.42. The van der Waals surface area contributed by atoms with Crippen molar-refractivity contribution in [3.8, 4) is 5.75 Å². The highest BCUT2D eigenvalue weighted by molar-refractivity contribution is 5.95. The van der Waals surface area contributed by atoms with Crippen molar-refractivity contribution in [3.63, 3.8) is 0 Å². The number of alkyl halides is 2. The third kappa shape index (κ3) is 4.03. The molecule has 25 heavy (non-hydrogen) atoms. The fraction of sp³-hybridized carbons (Fsp3) is 0.176. The molecular formula is C17H14F2N2O4. The van der Waals surface area contributed by atoms with Crippen molar-refractivity contribution in [1.82, 2.24) is 10.4 Å². The zero-order valence-electron chi connectivity index (χ0n) is 12.9.